The van der Waals surface area contributed by atoms with Crippen molar-refractivity contribution in [1.82, 2.24) is 15.1 Å². The molecule has 45 heavy (non-hydrogen) atoms. The highest BCUT2D eigenvalue weighted by atomic mass is 16.6. The van der Waals surface area contributed by atoms with Gasteiger partial charge in [0.2, 0.25) is 17.7 Å². The van der Waals surface area contributed by atoms with E-state index in [-0.39, 0.29) is 43.4 Å². The van der Waals surface area contributed by atoms with E-state index in [2.05, 4.69) is 5.32 Å². The van der Waals surface area contributed by atoms with Crippen LogP contribution < -0.4 is 5.32 Å². The minimum Gasteiger partial charge on any atom is -0.455 e. The van der Waals surface area contributed by atoms with Gasteiger partial charge in [-0.15, -0.1) is 0 Å². The summed E-state index contributed by atoms with van der Waals surface area (Å²) < 4.78 is 18.5. The van der Waals surface area contributed by atoms with E-state index >= 15 is 0 Å². The highest BCUT2D eigenvalue weighted by Gasteiger charge is 2.71. The molecule has 5 rings (SSSR count). The fourth-order valence-electron chi connectivity index (χ4n) is 7.18. The predicted molar refractivity (Wildman–Crippen MR) is 164 cm³/mol. The van der Waals surface area contributed by atoms with Crippen LogP contribution in [0.3, 0.4) is 0 Å². The van der Waals surface area contributed by atoms with E-state index in [0.29, 0.717) is 44.3 Å². The van der Waals surface area contributed by atoms with Crippen LogP contribution in [-0.4, -0.2) is 102 Å². The number of ether oxygens (including phenoxy) is 3. The molecular formula is C34H45N3O8. The summed E-state index contributed by atoms with van der Waals surface area (Å²) in [6.45, 7) is 4.66. The Morgan fingerprint density at radius 3 is 2.56 bits per heavy atom. The molecule has 7 atom stereocenters. The number of cyclic esters (lactones) is 1. The monoisotopic (exact) mass is 623 g/mol. The van der Waals surface area contributed by atoms with Gasteiger partial charge in [0.05, 0.1) is 24.7 Å². The number of allylic oxidation sites excluding steroid dienone is 1. The largest absolute Gasteiger partial charge is 0.455 e. The summed E-state index contributed by atoms with van der Waals surface area (Å²) in [4.78, 5) is 59.3. The van der Waals surface area contributed by atoms with Crippen LogP contribution in [-0.2, 0) is 33.4 Å². The molecule has 4 heterocycles. The summed E-state index contributed by atoms with van der Waals surface area (Å²) in [7, 11) is 1.52. The lowest BCUT2D eigenvalue weighted by atomic mass is 9.77. The second kappa shape index (κ2) is 14.3. The van der Waals surface area contributed by atoms with E-state index in [1.165, 1.54) is 7.11 Å². The molecule has 0 bridgehead atoms. The average molecular weight is 624 g/mol. The zero-order valence-corrected chi connectivity index (χ0v) is 26.3. The number of hydrogen-bond acceptors (Lipinski definition) is 8. The number of nitrogens with one attached hydrogen (secondary N) is 1. The molecule has 0 unspecified atom stereocenters. The highest BCUT2D eigenvalue weighted by Crippen LogP contribution is 2.53. The first-order valence-electron chi connectivity index (χ1n) is 16.0. The lowest BCUT2D eigenvalue weighted by Gasteiger charge is -2.36. The number of aliphatic hydroxyl groups is 1. The van der Waals surface area contributed by atoms with E-state index in [4.69, 9.17) is 14.2 Å². The number of carbonyl (C=O) groups excluding carboxylic acids is 4. The van der Waals surface area contributed by atoms with Crippen molar-refractivity contribution in [2.24, 2.45) is 11.8 Å². The quantitative estimate of drug-likeness (QED) is 0.243. The molecule has 11 nitrogen and oxygen atoms in total. The minimum absolute atomic E-state index is 0.0465. The molecule has 2 fully saturated rings. The standard InChI is InChI=1S/C34H45N3O8/c1-22(2)36-19-12-17-34-28(31(40)37(30(34)32(36)41)18-10-5-11-20-38)27-25(45-34)15-8-9-16-26(39)35-24(21-43-3)29(44-33(27)42)23-13-6-4-7-14-23/h4,6-8,12-15,17,22,24-25,27-30,38H,5,9-11,16,18-21H2,1-3H3,(H,35,39)/b15-8-/t24-,25-,27+,28+,29-,30-,34+/m0/s1. The van der Waals surface area contributed by atoms with Gasteiger partial charge in [-0.05, 0) is 45.1 Å². The second-order valence-electron chi connectivity index (χ2n) is 12.5. The third-order valence-electron chi connectivity index (χ3n) is 9.27. The van der Waals surface area contributed by atoms with Crippen molar-refractivity contribution in [2.75, 3.05) is 33.4 Å². The first kappa shape index (κ1) is 32.8. The minimum atomic E-state index is -1.38. The lowest BCUT2D eigenvalue weighted by molar-refractivity contribution is -0.162. The Morgan fingerprint density at radius 1 is 1.07 bits per heavy atom. The van der Waals surface area contributed by atoms with Crippen molar-refractivity contribution >= 4 is 23.7 Å². The van der Waals surface area contributed by atoms with Gasteiger partial charge in [0, 0.05) is 39.3 Å². The maximum Gasteiger partial charge on any atom is 0.313 e. The number of likely N-dealkylation sites (tertiary alicyclic amines) is 1. The van der Waals surface area contributed by atoms with Crippen LogP contribution in [0, 0.1) is 11.8 Å². The van der Waals surface area contributed by atoms with Gasteiger partial charge in [0.25, 0.3) is 0 Å². The van der Waals surface area contributed by atoms with Crippen molar-refractivity contribution in [1.29, 1.82) is 0 Å². The number of benzene rings is 1. The molecule has 1 spiro atoms. The van der Waals surface area contributed by atoms with Crippen LogP contribution in [0.25, 0.3) is 0 Å². The number of esters is 1. The molecule has 1 aromatic rings. The van der Waals surface area contributed by atoms with Crippen LogP contribution in [0.5, 0.6) is 0 Å². The molecular weight excluding hydrogens is 578 g/mol. The molecule has 0 aliphatic carbocycles. The fraction of sp³-hybridized carbons (Fsp3) is 0.588. The second-order valence-corrected chi connectivity index (χ2v) is 12.5. The van der Waals surface area contributed by atoms with Crippen molar-refractivity contribution in [2.45, 2.75) is 81.9 Å². The van der Waals surface area contributed by atoms with E-state index < -0.39 is 47.7 Å². The third kappa shape index (κ3) is 6.43. The topological polar surface area (TPSA) is 135 Å². The molecule has 2 saturated heterocycles. The van der Waals surface area contributed by atoms with Crippen molar-refractivity contribution in [3.8, 4) is 0 Å². The SMILES string of the molecule is COC[C@@H]1NC(=O)CC/C=C\[C@@H]2O[C@@]34C=CCN(C(C)C)C(=O)[C@@H]3N(CCCCCO)C(=O)[C@H]4[C@@H]2C(=O)O[C@H]1c1ccccc1. The number of amides is 3. The van der Waals surface area contributed by atoms with Crippen molar-refractivity contribution in [3.05, 3.63) is 60.2 Å². The Hall–Kier alpha value is -3.54. The number of nitrogens with zero attached hydrogens (tertiary/aromatic N) is 2. The van der Waals surface area contributed by atoms with Crippen LogP contribution in [0.15, 0.2) is 54.6 Å². The number of methoxy groups -OCH3 is 1. The predicted octanol–water partition coefficient (Wildman–Crippen LogP) is 2.30. The van der Waals surface area contributed by atoms with Crippen LogP contribution in [0.1, 0.15) is 57.6 Å². The number of unbranched alkanes of at least 4 members (excludes halogenated alkanes) is 2. The molecule has 11 heteroatoms. The normalized spacial score (nSPS) is 32.6. The van der Waals surface area contributed by atoms with Crippen LogP contribution in [0.2, 0.25) is 0 Å². The first-order chi connectivity index (χ1) is 21.7. The molecule has 0 aromatic heterocycles. The van der Waals surface area contributed by atoms with Gasteiger partial charge in [-0.3, -0.25) is 19.2 Å². The van der Waals surface area contributed by atoms with E-state index in [9.17, 15) is 24.3 Å². The molecule has 2 N–H and O–H groups in total. The molecule has 4 aliphatic rings. The Kier molecular flexibility index (Phi) is 10.4. The molecule has 0 saturated carbocycles. The molecule has 3 amide bonds. The summed E-state index contributed by atoms with van der Waals surface area (Å²) in [6, 6.07) is 7.39. The molecule has 244 valence electrons. The maximum absolute atomic E-state index is 14.5. The summed E-state index contributed by atoms with van der Waals surface area (Å²) in [5.41, 5.74) is -0.708. The average Bonchev–Trinajstić information content (AvgIpc) is 3.40. The Bertz CT molecular complexity index is 1300. The first-order valence-corrected chi connectivity index (χ1v) is 16.0. The number of carbonyl (C=O) groups is 4. The van der Waals surface area contributed by atoms with E-state index in [0.717, 1.165) is 0 Å². The number of fused-ring (bicyclic) bond motifs is 2. The fourth-order valence-corrected chi connectivity index (χ4v) is 7.18. The van der Waals surface area contributed by atoms with Gasteiger partial charge < -0.3 is 34.4 Å². The van der Waals surface area contributed by atoms with Gasteiger partial charge in [0.15, 0.2) is 0 Å². The lowest BCUT2D eigenvalue weighted by Crippen LogP contribution is -2.56. The van der Waals surface area contributed by atoms with Gasteiger partial charge in [0.1, 0.15) is 23.7 Å². The number of aliphatic hydroxyl groups excluding tert-OH is 1. The highest BCUT2D eigenvalue weighted by molar-refractivity contribution is 5.99. The number of rotatable bonds is 9. The zero-order valence-electron chi connectivity index (χ0n) is 26.3. The van der Waals surface area contributed by atoms with Crippen molar-refractivity contribution in [3.63, 3.8) is 0 Å². The Balaban J connectivity index is 1.58. The Morgan fingerprint density at radius 2 is 1.84 bits per heavy atom. The molecule has 0 radical (unpaired) electrons. The van der Waals surface area contributed by atoms with Gasteiger partial charge in [-0.2, -0.15) is 0 Å². The van der Waals surface area contributed by atoms with Crippen LogP contribution >= 0.6 is 0 Å². The van der Waals surface area contributed by atoms with Gasteiger partial charge in [-0.1, -0.05) is 54.6 Å². The maximum atomic E-state index is 14.5. The van der Waals surface area contributed by atoms with Gasteiger partial charge >= 0.3 is 5.97 Å². The summed E-state index contributed by atoms with van der Waals surface area (Å²) >= 11 is 0. The third-order valence-corrected chi connectivity index (χ3v) is 9.27. The molecule has 4 aliphatic heterocycles. The summed E-state index contributed by atoms with van der Waals surface area (Å²) in [5.74, 6) is -3.43. The van der Waals surface area contributed by atoms with E-state index in [1.54, 1.807) is 22.0 Å². The molecule has 1 aromatic carbocycles. The smallest absolute Gasteiger partial charge is 0.313 e. The summed E-state index contributed by atoms with van der Waals surface area (Å²) in [6.07, 6.45) is 7.91. The van der Waals surface area contributed by atoms with Gasteiger partial charge in [-0.25, -0.2) is 0 Å². The van der Waals surface area contributed by atoms with E-state index in [1.807, 2.05) is 56.3 Å². The zero-order chi connectivity index (χ0) is 32.1. The van der Waals surface area contributed by atoms with Crippen molar-refractivity contribution < 1.29 is 38.5 Å². The van der Waals surface area contributed by atoms with Crippen LogP contribution in [0.4, 0.5) is 0 Å². The summed E-state index contributed by atoms with van der Waals surface area (Å²) in [5, 5.41) is 12.3. The number of hydrogen-bond donors (Lipinski definition) is 2. The Labute approximate surface area is 264 Å².